The van der Waals surface area contributed by atoms with Crippen LogP contribution in [-0.4, -0.2) is 29.8 Å². The molecular weight excluding hydrogens is 154 g/mol. The van der Waals surface area contributed by atoms with Crippen molar-refractivity contribution in [2.45, 2.75) is 5.91 Å². The quantitative estimate of drug-likeness (QED) is 0.393. The molecule has 1 heterocycles. The molecule has 0 aromatic rings. The summed E-state index contributed by atoms with van der Waals surface area (Å²) in [6.07, 6.45) is 0. The molecule has 1 rings (SSSR count). The first-order valence-corrected chi connectivity index (χ1v) is 3.62. The van der Waals surface area contributed by atoms with E-state index in [0.29, 0.717) is 5.75 Å². The summed E-state index contributed by atoms with van der Waals surface area (Å²) in [6, 6.07) is 0. The number of aliphatic hydroxyl groups is 1. The topological polar surface area (TPSA) is 58.6 Å². The Bertz CT molecular complexity index is 189. The molecule has 0 radical (unpaired) electrons. The van der Waals surface area contributed by atoms with Crippen molar-refractivity contribution < 1.29 is 14.6 Å². The van der Waals surface area contributed by atoms with E-state index in [1.807, 2.05) is 0 Å². The lowest BCUT2D eigenvalue weighted by Gasteiger charge is -2.18. The Morgan fingerprint density at radius 1 is 2.00 bits per heavy atom. The molecule has 1 aliphatic heterocycles. The smallest absolute Gasteiger partial charge is 0.257 e. The van der Waals surface area contributed by atoms with Crippen LogP contribution in [0.3, 0.4) is 0 Å². The molecular formula is C5H7NO3S. The molecule has 1 saturated heterocycles. The maximum Gasteiger partial charge on any atom is 0.257 e. The maximum atomic E-state index is 10.00. The standard InChI is InChI=1S/C5H7NO3S/c1-9-5(8)3-10-4(2-7)6-5/h6,8H,3H2,1H3. The van der Waals surface area contributed by atoms with Crippen LogP contribution in [-0.2, 0) is 9.53 Å². The van der Waals surface area contributed by atoms with Crippen molar-refractivity contribution in [1.82, 2.24) is 5.32 Å². The number of methoxy groups -OCH3 is 1. The molecule has 0 saturated carbocycles. The number of hydrogen-bond acceptors (Lipinski definition) is 5. The van der Waals surface area contributed by atoms with Gasteiger partial charge in [0.1, 0.15) is 0 Å². The Balaban J connectivity index is 2.66. The molecule has 1 fully saturated rings. The Morgan fingerprint density at radius 2 is 2.70 bits per heavy atom. The molecule has 5 heteroatoms. The van der Waals surface area contributed by atoms with Gasteiger partial charge < -0.3 is 15.2 Å². The van der Waals surface area contributed by atoms with Gasteiger partial charge in [-0.15, -0.1) is 0 Å². The van der Waals surface area contributed by atoms with Crippen LogP contribution in [0, 0.1) is 0 Å². The fraction of sp³-hybridized carbons (Fsp3) is 0.600. The van der Waals surface area contributed by atoms with Gasteiger partial charge in [-0.05, 0) is 0 Å². The van der Waals surface area contributed by atoms with Crippen molar-refractivity contribution in [3.05, 3.63) is 5.03 Å². The van der Waals surface area contributed by atoms with Crippen LogP contribution in [0.15, 0.2) is 5.03 Å². The van der Waals surface area contributed by atoms with E-state index < -0.39 is 5.91 Å². The maximum absolute atomic E-state index is 10.00. The highest BCUT2D eigenvalue weighted by Crippen LogP contribution is 2.25. The molecule has 1 atom stereocenters. The van der Waals surface area contributed by atoms with Gasteiger partial charge in [0.2, 0.25) is 0 Å². The molecule has 0 aliphatic carbocycles. The minimum absolute atomic E-state index is 0.282. The van der Waals surface area contributed by atoms with Gasteiger partial charge in [-0.2, -0.15) is 0 Å². The summed E-state index contributed by atoms with van der Waals surface area (Å²) < 4.78 is 4.65. The van der Waals surface area contributed by atoms with E-state index in [1.54, 1.807) is 5.94 Å². The van der Waals surface area contributed by atoms with Crippen molar-refractivity contribution in [1.29, 1.82) is 0 Å². The Kier molecular flexibility index (Phi) is 2.01. The second-order valence-electron chi connectivity index (χ2n) is 1.83. The fourth-order valence-corrected chi connectivity index (χ4v) is 1.41. The van der Waals surface area contributed by atoms with Crippen molar-refractivity contribution in [3.8, 4) is 0 Å². The fourth-order valence-electron chi connectivity index (χ4n) is 0.584. The molecule has 0 aromatic heterocycles. The SMILES string of the molecule is COC1(O)CSC(=C=O)N1. The van der Waals surface area contributed by atoms with Crippen molar-refractivity contribution >= 4 is 17.7 Å². The van der Waals surface area contributed by atoms with E-state index in [0.717, 1.165) is 0 Å². The van der Waals surface area contributed by atoms with Crippen molar-refractivity contribution in [2.24, 2.45) is 0 Å². The normalized spacial score (nSPS) is 31.6. The average Bonchev–Trinajstić information content (AvgIpc) is 2.33. The first-order valence-electron chi connectivity index (χ1n) is 2.64. The number of hydrogen-bond donors (Lipinski definition) is 2. The van der Waals surface area contributed by atoms with E-state index in [1.165, 1.54) is 18.9 Å². The summed E-state index contributed by atoms with van der Waals surface area (Å²) >= 11 is 1.18. The van der Waals surface area contributed by atoms with E-state index in [2.05, 4.69) is 10.1 Å². The molecule has 0 spiro atoms. The lowest BCUT2D eigenvalue weighted by molar-refractivity contribution is -0.178. The number of carbonyl (C=O) groups excluding carboxylic acids is 1. The summed E-state index contributed by atoms with van der Waals surface area (Å²) in [4.78, 5) is 10.00. The highest BCUT2D eigenvalue weighted by Gasteiger charge is 2.34. The van der Waals surface area contributed by atoms with Gasteiger partial charge in [0.15, 0.2) is 11.0 Å². The second-order valence-corrected chi connectivity index (χ2v) is 2.82. The number of nitrogens with one attached hydrogen (secondary N) is 1. The molecule has 4 nitrogen and oxygen atoms in total. The minimum Gasteiger partial charge on any atom is -0.348 e. The Morgan fingerprint density at radius 3 is 3.00 bits per heavy atom. The van der Waals surface area contributed by atoms with Gasteiger partial charge in [0, 0.05) is 7.11 Å². The third kappa shape index (κ3) is 1.33. The zero-order valence-corrected chi connectivity index (χ0v) is 6.20. The largest absolute Gasteiger partial charge is 0.348 e. The van der Waals surface area contributed by atoms with Gasteiger partial charge in [0.05, 0.1) is 5.75 Å². The number of rotatable bonds is 1. The van der Waals surface area contributed by atoms with Crippen LogP contribution in [0.2, 0.25) is 0 Å². The zero-order valence-electron chi connectivity index (χ0n) is 5.38. The molecule has 0 aromatic carbocycles. The summed E-state index contributed by atoms with van der Waals surface area (Å²) in [6.45, 7) is 0. The third-order valence-electron chi connectivity index (χ3n) is 1.15. The van der Waals surface area contributed by atoms with Crippen LogP contribution in [0.5, 0.6) is 0 Å². The summed E-state index contributed by atoms with van der Waals surface area (Å²) in [7, 11) is 1.36. The Labute approximate surface area is 62.2 Å². The van der Waals surface area contributed by atoms with Crippen LogP contribution >= 0.6 is 11.8 Å². The Hall–Kier alpha value is -0.480. The molecule has 0 bridgehead atoms. The predicted octanol–water partition coefficient (Wildman–Crippen LogP) is -0.712. The molecule has 1 unspecified atom stereocenters. The van der Waals surface area contributed by atoms with E-state index in [-0.39, 0.29) is 5.03 Å². The monoisotopic (exact) mass is 161 g/mol. The average molecular weight is 161 g/mol. The molecule has 0 amide bonds. The zero-order chi connectivity index (χ0) is 7.61. The van der Waals surface area contributed by atoms with E-state index >= 15 is 0 Å². The highest BCUT2D eigenvalue weighted by molar-refractivity contribution is 8.03. The van der Waals surface area contributed by atoms with Gasteiger partial charge in [-0.1, -0.05) is 11.8 Å². The van der Waals surface area contributed by atoms with Crippen molar-refractivity contribution in [2.75, 3.05) is 12.9 Å². The molecule has 56 valence electrons. The summed E-state index contributed by atoms with van der Waals surface area (Å²) in [5, 5.41) is 12.0. The van der Waals surface area contributed by atoms with Crippen LogP contribution in [0.25, 0.3) is 0 Å². The second kappa shape index (κ2) is 2.64. The van der Waals surface area contributed by atoms with Gasteiger partial charge in [-0.3, -0.25) is 0 Å². The van der Waals surface area contributed by atoms with Crippen LogP contribution in [0.4, 0.5) is 0 Å². The van der Waals surface area contributed by atoms with E-state index in [4.69, 9.17) is 0 Å². The highest BCUT2D eigenvalue weighted by atomic mass is 32.2. The number of ether oxygens (including phenoxy) is 1. The van der Waals surface area contributed by atoms with E-state index in [9.17, 15) is 9.90 Å². The molecule has 2 N–H and O–H groups in total. The molecule has 1 aliphatic rings. The summed E-state index contributed by atoms with van der Waals surface area (Å²) in [5.41, 5.74) is 0. The van der Waals surface area contributed by atoms with Crippen molar-refractivity contribution in [3.63, 3.8) is 0 Å². The van der Waals surface area contributed by atoms with Gasteiger partial charge in [0.25, 0.3) is 5.91 Å². The lowest BCUT2D eigenvalue weighted by atomic mass is 10.5. The van der Waals surface area contributed by atoms with Gasteiger partial charge in [-0.25, -0.2) is 4.79 Å². The van der Waals surface area contributed by atoms with Gasteiger partial charge >= 0.3 is 0 Å². The predicted molar refractivity (Wildman–Crippen MR) is 36.8 cm³/mol. The van der Waals surface area contributed by atoms with Crippen LogP contribution < -0.4 is 5.32 Å². The molecule has 10 heavy (non-hydrogen) atoms. The summed E-state index contributed by atoms with van der Waals surface area (Å²) in [5.74, 6) is 0.568. The number of thioether (sulfide) groups is 1. The minimum atomic E-state index is -1.38. The third-order valence-corrected chi connectivity index (χ3v) is 2.16. The first kappa shape index (κ1) is 7.63. The lowest BCUT2D eigenvalue weighted by Crippen LogP contribution is -2.43. The van der Waals surface area contributed by atoms with Crippen LogP contribution in [0.1, 0.15) is 0 Å². The first-order chi connectivity index (χ1) is 4.70.